The Morgan fingerprint density at radius 2 is 1.76 bits per heavy atom. The van der Waals surface area contributed by atoms with Gasteiger partial charge in [0.15, 0.2) is 17.5 Å². The standard InChI is InChI=1S/C15H9F3N2O/c1-8-19-11-4-2-3-5-12(11)20(8)15(21)9-6-7-10(16)14(18)13(9)17/h2-7H,1H3. The van der Waals surface area contributed by atoms with Crippen LogP contribution in [0.25, 0.3) is 11.0 Å². The van der Waals surface area contributed by atoms with Crippen molar-refractivity contribution in [2.45, 2.75) is 6.92 Å². The summed E-state index contributed by atoms with van der Waals surface area (Å²) in [6, 6.07) is 8.44. The average Bonchev–Trinajstić information content (AvgIpc) is 2.80. The van der Waals surface area contributed by atoms with Crippen LogP contribution in [0, 0.1) is 24.4 Å². The van der Waals surface area contributed by atoms with Crippen molar-refractivity contribution in [2.24, 2.45) is 0 Å². The molecular weight excluding hydrogens is 281 g/mol. The van der Waals surface area contributed by atoms with Crippen LogP contribution in [0.15, 0.2) is 36.4 Å². The second-order valence-electron chi connectivity index (χ2n) is 4.51. The summed E-state index contributed by atoms with van der Waals surface area (Å²) >= 11 is 0. The second kappa shape index (κ2) is 4.73. The molecule has 0 aliphatic heterocycles. The average molecular weight is 290 g/mol. The second-order valence-corrected chi connectivity index (χ2v) is 4.51. The molecule has 0 unspecified atom stereocenters. The zero-order valence-corrected chi connectivity index (χ0v) is 10.9. The molecule has 0 N–H and O–H groups in total. The number of aryl methyl sites for hydroxylation is 1. The zero-order valence-electron chi connectivity index (χ0n) is 10.9. The van der Waals surface area contributed by atoms with Crippen molar-refractivity contribution in [3.63, 3.8) is 0 Å². The number of hydrogen-bond donors (Lipinski definition) is 0. The molecular formula is C15H9F3N2O. The number of halogens is 3. The molecule has 0 bridgehead atoms. The first-order valence-electron chi connectivity index (χ1n) is 6.13. The maximum atomic E-state index is 13.8. The van der Waals surface area contributed by atoms with Crippen LogP contribution < -0.4 is 0 Å². The Morgan fingerprint density at radius 1 is 1.05 bits per heavy atom. The summed E-state index contributed by atoms with van der Waals surface area (Å²) in [6.07, 6.45) is 0. The Labute approximate surface area is 117 Å². The highest BCUT2D eigenvalue weighted by Crippen LogP contribution is 2.21. The Kier molecular flexibility index (Phi) is 3.01. The molecule has 0 aliphatic carbocycles. The highest BCUT2D eigenvalue weighted by atomic mass is 19.2. The van der Waals surface area contributed by atoms with Crippen LogP contribution in [0.1, 0.15) is 16.2 Å². The van der Waals surface area contributed by atoms with E-state index in [4.69, 9.17) is 0 Å². The summed E-state index contributed by atoms with van der Waals surface area (Å²) in [5.74, 6) is -4.96. The predicted molar refractivity (Wildman–Crippen MR) is 70.5 cm³/mol. The lowest BCUT2D eigenvalue weighted by Crippen LogP contribution is -2.16. The molecule has 0 amide bonds. The van der Waals surface area contributed by atoms with Crippen molar-refractivity contribution in [1.29, 1.82) is 0 Å². The van der Waals surface area contributed by atoms with Gasteiger partial charge >= 0.3 is 0 Å². The lowest BCUT2D eigenvalue weighted by molar-refractivity contribution is 0.0957. The lowest BCUT2D eigenvalue weighted by Gasteiger charge is -2.07. The largest absolute Gasteiger partial charge is 0.268 e. The molecule has 0 saturated heterocycles. The molecule has 0 atom stereocenters. The fourth-order valence-electron chi connectivity index (χ4n) is 2.21. The van der Waals surface area contributed by atoms with Gasteiger partial charge < -0.3 is 0 Å². The van der Waals surface area contributed by atoms with E-state index in [0.717, 1.165) is 12.1 Å². The smallest absolute Gasteiger partial charge is 0.266 e. The van der Waals surface area contributed by atoms with Gasteiger partial charge in [-0.25, -0.2) is 18.2 Å². The zero-order chi connectivity index (χ0) is 15.1. The summed E-state index contributed by atoms with van der Waals surface area (Å²) in [5, 5.41) is 0. The van der Waals surface area contributed by atoms with Crippen LogP contribution >= 0.6 is 0 Å². The van der Waals surface area contributed by atoms with E-state index < -0.39 is 28.9 Å². The molecule has 0 radical (unpaired) electrons. The number of carbonyl (C=O) groups excluding carboxylic acids is 1. The predicted octanol–water partition coefficient (Wildman–Crippen LogP) is 3.45. The summed E-state index contributed by atoms with van der Waals surface area (Å²) in [7, 11) is 0. The quantitative estimate of drug-likeness (QED) is 0.643. The Balaban J connectivity index is 2.22. The number of imidazole rings is 1. The third-order valence-electron chi connectivity index (χ3n) is 3.20. The van der Waals surface area contributed by atoms with Gasteiger partial charge in [-0.2, -0.15) is 0 Å². The van der Waals surface area contributed by atoms with Gasteiger partial charge in [-0.1, -0.05) is 12.1 Å². The number of hydrogen-bond acceptors (Lipinski definition) is 2. The SMILES string of the molecule is Cc1nc2ccccc2n1C(=O)c1ccc(F)c(F)c1F. The molecule has 3 aromatic rings. The minimum atomic E-state index is -1.66. The molecule has 3 rings (SSSR count). The van der Waals surface area contributed by atoms with E-state index in [-0.39, 0.29) is 0 Å². The number of carbonyl (C=O) groups is 1. The Morgan fingerprint density at radius 3 is 2.52 bits per heavy atom. The van der Waals surface area contributed by atoms with Crippen molar-refractivity contribution in [3.05, 3.63) is 65.2 Å². The maximum absolute atomic E-state index is 13.8. The molecule has 106 valence electrons. The van der Waals surface area contributed by atoms with Gasteiger partial charge in [0.1, 0.15) is 5.82 Å². The van der Waals surface area contributed by atoms with E-state index in [0.29, 0.717) is 16.9 Å². The Hall–Kier alpha value is -2.63. The third-order valence-corrected chi connectivity index (χ3v) is 3.20. The maximum Gasteiger partial charge on any atom is 0.266 e. The van der Waals surface area contributed by atoms with Crippen molar-refractivity contribution < 1.29 is 18.0 Å². The number of para-hydroxylation sites is 2. The fourth-order valence-corrected chi connectivity index (χ4v) is 2.21. The van der Waals surface area contributed by atoms with Gasteiger partial charge in [-0.15, -0.1) is 0 Å². The van der Waals surface area contributed by atoms with E-state index in [1.807, 2.05) is 0 Å². The van der Waals surface area contributed by atoms with Crippen LogP contribution in [-0.4, -0.2) is 15.5 Å². The first-order valence-corrected chi connectivity index (χ1v) is 6.13. The van der Waals surface area contributed by atoms with E-state index >= 15 is 0 Å². The van der Waals surface area contributed by atoms with Crippen molar-refractivity contribution in [1.82, 2.24) is 9.55 Å². The number of nitrogens with zero attached hydrogens (tertiary/aromatic N) is 2. The van der Waals surface area contributed by atoms with Crippen LogP contribution in [0.4, 0.5) is 13.2 Å². The van der Waals surface area contributed by atoms with E-state index in [1.54, 1.807) is 31.2 Å². The lowest BCUT2D eigenvalue weighted by atomic mass is 10.1. The molecule has 0 spiro atoms. The van der Waals surface area contributed by atoms with Crippen LogP contribution in [-0.2, 0) is 0 Å². The minimum absolute atomic E-state index is 0.338. The Bertz CT molecular complexity index is 871. The number of fused-ring (bicyclic) bond motifs is 1. The molecule has 0 aliphatic rings. The van der Waals surface area contributed by atoms with Crippen molar-refractivity contribution >= 4 is 16.9 Å². The molecule has 1 heterocycles. The number of rotatable bonds is 1. The van der Waals surface area contributed by atoms with Crippen LogP contribution in [0.5, 0.6) is 0 Å². The highest BCUT2D eigenvalue weighted by molar-refractivity contribution is 6.01. The molecule has 3 nitrogen and oxygen atoms in total. The monoisotopic (exact) mass is 290 g/mol. The van der Waals surface area contributed by atoms with Gasteiger partial charge in [0, 0.05) is 0 Å². The molecule has 2 aromatic carbocycles. The third kappa shape index (κ3) is 1.99. The first-order chi connectivity index (χ1) is 10.0. The summed E-state index contributed by atoms with van der Waals surface area (Å²) < 4.78 is 41.2. The summed E-state index contributed by atoms with van der Waals surface area (Å²) in [4.78, 5) is 16.6. The molecule has 0 fully saturated rings. The summed E-state index contributed by atoms with van der Waals surface area (Å²) in [6.45, 7) is 1.58. The van der Waals surface area contributed by atoms with Crippen molar-refractivity contribution in [3.8, 4) is 0 Å². The molecule has 21 heavy (non-hydrogen) atoms. The van der Waals surface area contributed by atoms with Crippen LogP contribution in [0.2, 0.25) is 0 Å². The fraction of sp³-hybridized carbons (Fsp3) is 0.0667. The molecule has 0 saturated carbocycles. The van der Waals surface area contributed by atoms with Gasteiger partial charge in [-0.3, -0.25) is 9.36 Å². The molecule has 1 aromatic heterocycles. The van der Waals surface area contributed by atoms with E-state index in [9.17, 15) is 18.0 Å². The van der Waals surface area contributed by atoms with Crippen molar-refractivity contribution in [2.75, 3.05) is 0 Å². The van der Waals surface area contributed by atoms with E-state index in [2.05, 4.69) is 4.98 Å². The highest BCUT2D eigenvalue weighted by Gasteiger charge is 2.22. The van der Waals surface area contributed by atoms with Gasteiger partial charge in [-0.05, 0) is 31.2 Å². The normalized spacial score (nSPS) is 11.0. The van der Waals surface area contributed by atoms with Gasteiger partial charge in [0.25, 0.3) is 5.91 Å². The molecule has 6 heteroatoms. The number of aromatic nitrogens is 2. The topological polar surface area (TPSA) is 34.9 Å². The van der Waals surface area contributed by atoms with Gasteiger partial charge in [0.2, 0.25) is 0 Å². The first kappa shape index (κ1) is 13.4. The van der Waals surface area contributed by atoms with Crippen LogP contribution in [0.3, 0.4) is 0 Å². The summed E-state index contributed by atoms with van der Waals surface area (Å²) in [5.41, 5.74) is 0.496. The van der Waals surface area contributed by atoms with Gasteiger partial charge in [0.05, 0.1) is 16.6 Å². The number of benzene rings is 2. The minimum Gasteiger partial charge on any atom is -0.268 e. The van der Waals surface area contributed by atoms with E-state index in [1.165, 1.54) is 4.57 Å².